The molecule has 0 heterocycles. The molecule has 1 aromatic carbocycles. The molecule has 0 aliphatic carbocycles. The molecule has 0 fully saturated rings. The van der Waals surface area contributed by atoms with Gasteiger partial charge in [0.15, 0.2) is 11.5 Å². The van der Waals surface area contributed by atoms with E-state index in [2.05, 4.69) is 4.99 Å². The smallest absolute Gasteiger partial charge is 0.203 e. The molecule has 0 spiro atoms. The fourth-order valence-corrected chi connectivity index (χ4v) is 1.36. The van der Waals surface area contributed by atoms with Crippen molar-refractivity contribution in [3.63, 3.8) is 0 Å². The Balaban J connectivity index is 3.37. The molecule has 0 aliphatic heterocycles. The summed E-state index contributed by atoms with van der Waals surface area (Å²) in [6.45, 7) is 0. The third-order valence-electron chi connectivity index (χ3n) is 2.20. The molecule has 0 saturated heterocycles. The molecule has 1 aromatic rings. The molecule has 0 aromatic heterocycles. The summed E-state index contributed by atoms with van der Waals surface area (Å²) in [7, 11) is 6.29. The van der Waals surface area contributed by atoms with Crippen molar-refractivity contribution in [3.8, 4) is 17.2 Å². The van der Waals surface area contributed by atoms with E-state index in [4.69, 9.17) is 19.9 Å². The largest absolute Gasteiger partial charge is 0.493 e. The lowest BCUT2D eigenvalue weighted by atomic mass is 10.1. The van der Waals surface area contributed by atoms with Crippen LogP contribution in [0.3, 0.4) is 0 Å². The Bertz CT molecular complexity index is 377. The van der Waals surface area contributed by atoms with Crippen molar-refractivity contribution in [1.29, 1.82) is 0 Å². The van der Waals surface area contributed by atoms with Gasteiger partial charge in [0.2, 0.25) is 5.75 Å². The van der Waals surface area contributed by atoms with E-state index in [1.165, 1.54) is 0 Å². The minimum Gasteiger partial charge on any atom is -0.493 e. The minimum absolute atomic E-state index is 0.416. The summed E-state index contributed by atoms with van der Waals surface area (Å²) >= 11 is 0. The molecule has 0 bridgehead atoms. The van der Waals surface area contributed by atoms with Crippen LogP contribution >= 0.6 is 0 Å². The van der Waals surface area contributed by atoms with Crippen LogP contribution in [0.2, 0.25) is 0 Å². The first-order valence-corrected chi connectivity index (χ1v) is 4.70. The van der Waals surface area contributed by atoms with Crippen LogP contribution in [0.15, 0.2) is 17.1 Å². The normalized spacial score (nSPS) is 11.1. The van der Waals surface area contributed by atoms with Crippen molar-refractivity contribution >= 4 is 5.84 Å². The van der Waals surface area contributed by atoms with Gasteiger partial charge in [0, 0.05) is 12.6 Å². The van der Waals surface area contributed by atoms with Gasteiger partial charge in [-0.1, -0.05) is 0 Å². The molecule has 5 nitrogen and oxygen atoms in total. The second-order valence-corrected chi connectivity index (χ2v) is 3.02. The van der Waals surface area contributed by atoms with Crippen LogP contribution in [0.25, 0.3) is 0 Å². The molecule has 2 N–H and O–H groups in total. The number of nitrogens with zero attached hydrogens (tertiary/aromatic N) is 1. The van der Waals surface area contributed by atoms with Crippen LogP contribution in [0.5, 0.6) is 17.2 Å². The van der Waals surface area contributed by atoms with Crippen molar-refractivity contribution in [3.05, 3.63) is 17.7 Å². The minimum atomic E-state index is 0.416. The summed E-state index contributed by atoms with van der Waals surface area (Å²) in [4.78, 5) is 3.91. The number of rotatable bonds is 4. The fourth-order valence-electron chi connectivity index (χ4n) is 1.36. The summed E-state index contributed by atoms with van der Waals surface area (Å²) < 4.78 is 15.6. The van der Waals surface area contributed by atoms with Gasteiger partial charge in [0.1, 0.15) is 5.84 Å². The molecule has 1 rings (SSSR count). The average Bonchev–Trinajstić information content (AvgIpc) is 2.35. The zero-order valence-corrected chi connectivity index (χ0v) is 9.90. The lowest BCUT2D eigenvalue weighted by Crippen LogP contribution is -2.13. The average molecular weight is 224 g/mol. The Labute approximate surface area is 94.8 Å². The van der Waals surface area contributed by atoms with Crippen molar-refractivity contribution in [1.82, 2.24) is 0 Å². The summed E-state index contributed by atoms with van der Waals surface area (Å²) in [5.74, 6) is 2.07. The highest BCUT2D eigenvalue weighted by Gasteiger charge is 2.14. The molecule has 88 valence electrons. The highest BCUT2D eigenvalue weighted by Crippen LogP contribution is 2.37. The highest BCUT2D eigenvalue weighted by atomic mass is 16.5. The molecule has 0 aliphatic rings. The quantitative estimate of drug-likeness (QED) is 0.613. The van der Waals surface area contributed by atoms with Crippen molar-refractivity contribution in [2.45, 2.75) is 0 Å². The topological polar surface area (TPSA) is 66.1 Å². The van der Waals surface area contributed by atoms with Crippen LogP contribution in [-0.2, 0) is 0 Å². The Morgan fingerprint density at radius 2 is 1.56 bits per heavy atom. The number of hydrogen-bond acceptors (Lipinski definition) is 4. The van der Waals surface area contributed by atoms with Crippen molar-refractivity contribution < 1.29 is 14.2 Å². The van der Waals surface area contributed by atoms with Crippen LogP contribution < -0.4 is 19.9 Å². The monoisotopic (exact) mass is 224 g/mol. The van der Waals surface area contributed by atoms with E-state index in [0.29, 0.717) is 23.1 Å². The van der Waals surface area contributed by atoms with E-state index >= 15 is 0 Å². The van der Waals surface area contributed by atoms with Crippen LogP contribution in [0.1, 0.15) is 5.56 Å². The Morgan fingerprint density at radius 3 is 1.88 bits per heavy atom. The molecule has 0 radical (unpaired) electrons. The predicted molar refractivity (Wildman–Crippen MR) is 62.7 cm³/mol. The van der Waals surface area contributed by atoms with Gasteiger partial charge in [-0.15, -0.1) is 0 Å². The van der Waals surface area contributed by atoms with Gasteiger partial charge in [-0.3, -0.25) is 4.99 Å². The maximum Gasteiger partial charge on any atom is 0.203 e. The molecule has 5 heteroatoms. The number of amidine groups is 1. The fraction of sp³-hybridized carbons (Fsp3) is 0.364. The van der Waals surface area contributed by atoms with Gasteiger partial charge in [0.25, 0.3) is 0 Å². The molecular formula is C11H16N2O3. The standard InChI is InChI=1S/C11H16N2O3/c1-13-11(12)7-5-8(14-2)10(16-4)9(6-7)15-3/h5-6H,1-4H3,(H2,12,13). The van der Waals surface area contributed by atoms with Crippen molar-refractivity contribution in [2.75, 3.05) is 28.4 Å². The third kappa shape index (κ3) is 2.18. The maximum atomic E-state index is 5.73. The zero-order chi connectivity index (χ0) is 12.1. The van der Waals surface area contributed by atoms with E-state index in [0.717, 1.165) is 5.56 Å². The molecule has 0 atom stereocenters. The summed E-state index contributed by atoms with van der Waals surface area (Å²) in [6, 6.07) is 3.51. The second-order valence-electron chi connectivity index (χ2n) is 3.02. The first-order chi connectivity index (χ1) is 7.67. The third-order valence-corrected chi connectivity index (χ3v) is 2.20. The van der Waals surface area contributed by atoms with E-state index in [-0.39, 0.29) is 0 Å². The lowest BCUT2D eigenvalue weighted by molar-refractivity contribution is 0.324. The second kappa shape index (κ2) is 5.25. The molecule has 0 saturated carbocycles. The van der Waals surface area contributed by atoms with E-state index in [9.17, 15) is 0 Å². The summed E-state index contributed by atoms with van der Waals surface area (Å²) in [5.41, 5.74) is 6.46. The van der Waals surface area contributed by atoms with E-state index in [1.54, 1.807) is 40.5 Å². The predicted octanol–water partition coefficient (Wildman–Crippen LogP) is 1.05. The van der Waals surface area contributed by atoms with Gasteiger partial charge in [-0.2, -0.15) is 0 Å². The number of aliphatic imine (C=N–C) groups is 1. The van der Waals surface area contributed by atoms with Crippen molar-refractivity contribution in [2.24, 2.45) is 10.7 Å². The number of benzene rings is 1. The van der Waals surface area contributed by atoms with Crippen LogP contribution in [0.4, 0.5) is 0 Å². The number of methoxy groups -OCH3 is 3. The lowest BCUT2D eigenvalue weighted by Gasteiger charge is -2.13. The first kappa shape index (κ1) is 12.2. The van der Waals surface area contributed by atoms with Gasteiger partial charge >= 0.3 is 0 Å². The Hall–Kier alpha value is -1.91. The van der Waals surface area contributed by atoms with Gasteiger partial charge in [-0.05, 0) is 12.1 Å². The Kier molecular flexibility index (Phi) is 3.99. The maximum absolute atomic E-state index is 5.73. The van der Waals surface area contributed by atoms with Crippen LogP contribution in [0, 0.1) is 0 Å². The molecule has 0 unspecified atom stereocenters. The van der Waals surface area contributed by atoms with Gasteiger partial charge < -0.3 is 19.9 Å². The number of nitrogens with two attached hydrogens (primary N) is 1. The van der Waals surface area contributed by atoms with Gasteiger partial charge in [-0.25, -0.2) is 0 Å². The summed E-state index contributed by atoms with van der Waals surface area (Å²) in [6.07, 6.45) is 0. The van der Waals surface area contributed by atoms with Crippen LogP contribution in [-0.4, -0.2) is 34.2 Å². The molecular weight excluding hydrogens is 208 g/mol. The Morgan fingerprint density at radius 1 is 1.06 bits per heavy atom. The number of hydrogen-bond donors (Lipinski definition) is 1. The summed E-state index contributed by atoms with van der Waals surface area (Å²) in [5, 5.41) is 0. The SMILES string of the molecule is CN=C(N)c1cc(OC)c(OC)c(OC)c1. The highest BCUT2D eigenvalue weighted by molar-refractivity contribution is 5.98. The van der Waals surface area contributed by atoms with E-state index < -0.39 is 0 Å². The van der Waals surface area contributed by atoms with Gasteiger partial charge in [0.05, 0.1) is 21.3 Å². The first-order valence-electron chi connectivity index (χ1n) is 4.70. The molecule has 0 amide bonds. The number of ether oxygens (including phenoxy) is 3. The zero-order valence-electron chi connectivity index (χ0n) is 9.90. The molecule has 16 heavy (non-hydrogen) atoms. The van der Waals surface area contributed by atoms with E-state index in [1.807, 2.05) is 0 Å².